The zero-order valence-electron chi connectivity index (χ0n) is 22.5. The van der Waals surface area contributed by atoms with Crippen LogP contribution in [0.5, 0.6) is 0 Å². The van der Waals surface area contributed by atoms with E-state index in [1.165, 1.54) is 6.08 Å². The number of aliphatic hydroxyl groups excluding tert-OH is 1. The molecule has 0 saturated carbocycles. The molecule has 2 aromatic carbocycles. The second-order valence-electron chi connectivity index (χ2n) is 9.79. The molecule has 4 unspecified atom stereocenters. The van der Waals surface area contributed by atoms with E-state index in [0.29, 0.717) is 12.2 Å². The van der Waals surface area contributed by atoms with Crippen LogP contribution in [0.4, 0.5) is 10.5 Å². The molecule has 1 aliphatic heterocycles. The summed E-state index contributed by atoms with van der Waals surface area (Å²) in [4.78, 5) is 18.8. The van der Waals surface area contributed by atoms with Crippen molar-refractivity contribution in [1.82, 2.24) is 9.88 Å². The average Bonchev–Trinajstić information content (AvgIpc) is 2.97. The molecule has 1 saturated heterocycles. The van der Waals surface area contributed by atoms with Crippen molar-refractivity contribution in [2.45, 2.75) is 38.4 Å². The fourth-order valence-electron chi connectivity index (χ4n) is 4.63. The van der Waals surface area contributed by atoms with Crippen molar-refractivity contribution < 1.29 is 24.1 Å². The fourth-order valence-corrected chi connectivity index (χ4v) is 4.63. The van der Waals surface area contributed by atoms with Gasteiger partial charge < -0.3 is 24.2 Å². The molecule has 0 bridgehead atoms. The first-order chi connectivity index (χ1) is 19.0. The van der Waals surface area contributed by atoms with Gasteiger partial charge in [-0.05, 0) is 42.4 Å². The number of nitrogens with one attached hydrogen (secondary N) is 1. The molecule has 2 heterocycles. The van der Waals surface area contributed by atoms with Crippen molar-refractivity contribution in [1.29, 1.82) is 0 Å². The van der Waals surface area contributed by atoms with Crippen LogP contribution in [0.25, 0.3) is 0 Å². The smallest absolute Gasteiger partial charge is 0.411 e. The Morgan fingerprint density at radius 2 is 1.95 bits per heavy atom. The third-order valence-electron chi connectivity index (χ3n) is 6.83. The maximum Gasteiger partial charge on any atom is 0.411 e. The van der Waals surface area contributed by atoms with Crippen LogP contribution in [0.15, 0.2) is 85.6 Å². The molecule has 8 nitrogen and oxygen atoms in total. The Hall–Kier alpha value is -3.56. The Bertz CT molecular complexity index is 1200. The molecule has 1 fully saturated rings. The highest BCUT2D eigenvalue weighted by molar-refractivity contribution is 5.84. The summed E-state index contributed by atoms with van der Waals surface area (Å²) >= 11 is 0. The summed E-state index contributed by atoms with van der Waals surface area (Å²) in [5.41, 5.74) is 4.31. The van der Waals surface area contributed by atoms with Crippen LogP contribution in [0.1, 0.15) is 41.7 Å². The molecule has 8 heteroatoms. The molecule has 1 aromatic heterocycles. The third kappa shape index (κ3) is 7.97. The SMILES string of the molecule is C=CCOC(=O)Nc1cccc(C2OC(CN(C)CCc3ccccn3)C(C)C(c3ccc(CO)cc3)O2)c1. The highest BCUT2D eigenvalue weighted by Gasteiger charge is 2.38. The van der Waals surface area contributed by atoms with E-state index in [9.17, 15) is 9.90 Å². The Kier molecular flexibility index (Phi) is 10.2. The lowest BCUT2D eigenvalue weighted by atomic mass is 9.90. The lowest BCUT2D eigenvalue weighted by Crippen LogP contribution is -2.44. The second kappa shape index (κ2) is 14.0. The molecule has 2 N–H and O–H groups in total. The standard InChI is InChI=1S/C31H37N3O5/c1-4-18-37-31(36)33-27-10-7-8-25(19-27)30-38-28(20-34(3)17-15-26-9-5-6-16-32-26)22(2)29(39-30)24-13-11-23(21-35)12-14-24/h4-14,16,19,22,28-30,35H,1,15,17-18,20-21H2,2-3H3,(H,33,36). The quantitative estimate of drug-likeness (QED) is 0.326. The Balaban J connectivity index is 1.52. The van der Waals surface area contributed by atoms with Crippen LogP contribution in [0, 0.1) is 5.92 Å². The number of benzene rings is 2. The minimum atomic E-state index is -0.635. The van der Waals surface area contributed by atoms with Crippen LogP contribution < -0.4 is 5.32 Å². The normalized spacial score (nSPS) is 20.9. The summed E-state index contributed by atoms with van der Waals surface area (Å²) in [6.07, 6.45) is 2.65. The zero-order valence-corrected chi connectivity index (χ0v) is 22.5. The van der Waals surface area contributed by atoms with Gasteiger partial charge in [-0.25, -0.2) is 4.79 Å². The summed E-state index contributed by atoms with van der Waals surface area (Å²) in [6.45, 7) is 7.38. The predicted octanol–water partition coefficient (Wildman–Crippen LogP) is 5.27. The molecule has 3 aromatic rings. The minimum absolute atomic E-state index is 0.00812. The predicted molar refractivity (Wildman–Crippen MR) is 150 cm³/mol. The van der Waals surface area contributed by atoms with E-state index in [1.54, 1.807) is 6.07 Å². The molecule has 39 heavy (non-hydrogen) atoms. The number of hydrogen-bond acceptors (Lipinski definition) is 7. The van der Waals surface area contributed by atoms with E-state index in [1.807, 2.05) is 66.9 Å². The largest absolute Gasteiger partial charge is 0.445 e. The number of carbonyl (C=O) groups excluding carboxylic acids is 1. The number of likely N-dealkylation sites (N-methyl/N-ethyl adjacent to an activating group) is 1. The van der Waals surface area contributed by atoms with Gasteiger partial charge in [0, 0.05) is 48.6 Å². The molecule has 0 spiro atoms. The Labute approximate surface area is 230 Å². The van der Waals surface area contributed by atoms with Crippen LogP contribution in [0.3, 0.4) is 0 Å². The molecule has 206 valence electrons. The molecule has 0 aliphatic carbocycles. The van der Waals surface area contributed by atoms with Crippen LogP contribution >= 0.6 is 0 Å². The highest BCUT2D eigenvalue weighted by atomic mass is 16.7. The van der Waals surface area contributed by atoms with Gasteiger partial charge in [-0.15, -0.1) is 0 Å². The van der Waals surface area contributed by atoms with Gasteiger partial charge in [0.25, 0.3) is 0 Å². The van der Waals surface area contributed by atoms with Gasteiger partial charge in [-0.2, -0.15) is 0 Å². The topological polar surface area (TPSA) is 93.2 Å². The number of pyridine rings is 1. The number of nitrogens with zero attached hydrogens (tertiary/aromatic N) is 2. The van der Waals surface area contributed by atoms with E-state index < -0.39 is 12.4 Å². The highest BCUT2D eigenvalue weighted by Crippen LogP contribution is 2.42. The first kappa shape index (κ1) is 28.4. The lowest BCUT2D eigenvalue weighted by molar-refractivity contribution is -0.275. The number of amides is 1. The van der Waals surface area contributed by atoms with Crippen molar-refractivity contribution in [3.05, 3.63) is 108 Å². The maximum atomic E-state index is 12.1. The molecule has 4 rings (SSSR count). The third-order valence-corrected chi connectivity index (χ3v) is 6.83. The summed E-state index contributed by atoms with van der Waals surface area (Å²) in [5, 5.41) is 12.2. The number of hydrogen-bond donors (Lipinski definition) is 2. The van der Waals surface area contributed by atoms with Crippen LogP contribution in [0.2, 0.25) is 0 Å². The van der Waals surface area contributed by atoms with Gasteiger partial charge in [0.1, 0.15) is 6.61 Å². The molecule has 0 radical (unpaired) electrons. The van der Waals surface area contributed by atoms with E-state index in [4.69, 9.17) is 14.2 Å². The van der Waals surface area contributed by atoms with E-state index >= 15 is 0 Å². The fraction of sp³-hybridized carbons (Fsp3) is 0.355. The first-order valence-electron chi connectivity index (χ1n) is 13.2. The van der Waals surface area contributed by atoms with Gasteiger partial charge in [0.05, 0.1) is 18.8 Å². The van der Waals surface area contributed by atoms with Crippen molar-refractivity contribution in [2.24, 2.45) is 5.92 Å². The average molecular weight is 532 g/mol. The monoisotopic (exact) mass is 531 g/mol. The Morgan fingerprint density at radius 3 is 2.67 bits per heavy atom. The summed E-state index contributed by atoms with van der Waals surface area (Å²) in [6, 6.07) is 21.2. The summed E-state index contributed by atoms with van der Waals surface area (Å²) in [7, 11) is 2.09. The summed E-state index contributed by atoms with van der Waals surface area (Å²) in [5.74, 6) is 0.0636. The molecule has 1 aliphatic rings. The number of aliphatic hydroxyl groups is 1. The van der Waals surface area contributed by atoms with Crippen molar-refractivity contribution in [3.63, 3.8) is 0 Å². The first-order valence-corrected chi connectivity index (χ1v) is 13.2. The van der Waals surface area contributed by atoms with Crippen molar-refractivity contribution in [3.8, 4) is 0 Å². The van der Waals surface area contributed by atoms with Gasteiger partial charge in [-0.3, -0.25) is 10.3 Å². The summed E-state index contributed by atoms with van der Waals surface area (Å²) < 4.78 is 18.1. The van der Waals surface area contributed by atoms with E-state index in [-0.39, 0.29) is 31.3 Å². The minimum Gasteiger partial charge on any atom is -0.445 e. The number of rotatable bonds is 11. The van der Waals surface area contributed by atoms with E-state index in [2.05, 4.69) is 35.8 Å². The number of aromatic nitrogens is 1. The molecular weight excluding hydrogens is 494 g/mol. The van der Waals surface area contributed by atoms with Gasteiger partial charge in [0.15, 0.2) is 6.29 Å². The van der Waals surface area contributed by atoms with Crippen LogP contribution in [-0.4, -0.2) is 53.9 Å². The number of anilines is 1. The maximum absolute atomic E-state index is 12.1. The Morgan fingerprint density at radius 1 is 1.13 bits per heavy atom. The number of ether oxygens (including phenoxy) is 3. The van der Waals surface area contributed by atoms with Gasteiger partial charge in [0.2, 0.25) is 0 Å². The number of carbonyl (C=O) groups is 1. The zero-order chi connectivity index (χ0) is 27.6. The molecular formula is C31H37N3O5. The lowest BCUT2D eigenvalue weighted by Gasteiger charge is -2.42. The van der Waals surface area contributed by atoms with Gasteiger partial charge in [-0.1, -0.05) is 62.0 Å². The van der Waals surface area contributed by atoms with E-state index in [0.717, 1.165) is 35.3 Å². The van der Waals surface area contributed by atoms with Crippen molar-refractivity contribution >= 4 is 11.8 Å². The van der Waals surface area contributed by atoms with Gasteiger partial charge >= 0.3 is 6.09 Å². The molecule has 4 atom stereocenters. The van der Waals surface area contributed by atoms with Crippen molar-refractivity contribution in [2.75, 3.05) is 32.1 Å². The second-order valence-corrected chi connectivity index (χ2v) is 9.79. The molecule has 1 amide bonds. The van der Waals surface area contributed by atoms with Crippen LogP contribution in [-0.2, 0) is 27.2 Å².